The predicted octanol–water partition coefficient (Wildman–Crippen LogP) is 2.77. The summed E-state index contributed by atoms with van der Waals surface area (Å²) in [6, 6.07) is 8.04. The summed E-state index contributed by atoms with van der Waals surface area (Å²) in [5, 5.41) is 11.2. The van der Waals surface area contributed by atoms with E-state index in [0.717, 1.165) is 30.2 Å². The lowest BCUT2D eigenvalue weighted by Crippen LogP contribution is -2.23. The van der Waals surface area contributed by atoms with Crippen LogP contribution in [-0.2, 0) is 0 Å². The molecule has 0 fully saturated rings. The number of rotatable bonds is 5. The Labute approximate surface area is 113 Å². The third-order valence-corrected chi connectivity index (χ3v) is 3.03. The van der Waals surface area contributed by atoms with E-state index in [1.165, 1.54) is 0 Å². The van der Waals surface area contributed by atoms with Crippen molar-refractivity contribution < 1.29 is 0 Å². The molecular weight excluding hydrogens is 238 g/mol. The van der Waals surface area contributed by atoms with Gasteiger partial charge in [-0.2, -0.15) is 10.1 Å². The minimum atomic E-state index is 0.527. The monoisotopic (exact) mass is 257 g/mol. The van der Waals surface area contributed by atoms with Crippen LogP contribution in [-0.4, -0.2) is 28.3 Å². The van der Waals surface area contributed by atoms with Gasteiger partial charge in [-0.15, -0.1) is 5.10 Å². The van der Waals surface area contributed by atoms with Gasteiger partial charge in [0.1, 0.15) is 0 Å². The Balaban J connectivity index is 2.22. The van der Waals surface area contributed by atoms with Gasteiger partial charge >= 0.3 is 0 Å². The van der Waals surface area contributed by atoms with Crippen molar-refractivity contribution in [3.63, 3.8) is 0 Å². The number of aromatic nitrogens is 3. The van der Waals surface area contributed by atoms with Crippen molar-refractivity contribution >= 4 is 17.5 Å². The van der Waals surface area contributed by atoms with Gasteiger partial charge in [-0.25, -0.2) is 0 Å². The molecule has 2 rings (SSSR count). The van der Waals surface area contributed by atoms with Crippen LogP contribution in [0.25, 0.3) is 0 Å². The first-order valence-electron chi connectivity index (χ1n) is 6.52. The molecule has 1 heterocycles. The Hall–Kier alpha value is -2.17. The molecule has 0 aliphatic heterocycles. The third kappa shape index (κ3) is 3.19. The molecule has 1 aromatic carbocycles. The first-order valence-corrected chi connectivity index (χ1v) is 6.52. The van der Waals surface area contributed by atoms with Gasteiger partial charge < -0.3 is 10.2 Å². The highest BCUT2D eigenvalue weighted by molar-refractivity contribution is 5.58. The van der Waals surface area contributed by atoms with Crippen molar-refractivity contribution in [1.82, 2.24) is 15.2 Å². The summed E-state index contributed by atoms with van der Waals surface area (Å²) in [4.78, 5) is 6.63. The van der Waals surface area contributed by atoms with E-state index in [9.17, 15) is 0 Å². The van der Waals surface area contributed by atoms with Crippen LogP contribution in [0.1, 0.15) is 19.4 Å². The lowest BCUT2D eigenvalue weighted by Gasteiger charge is -2.19. The molecular formula is C14H19N5. The van der Waals surface area contributed by atoms with Gasteiger partial charge in [0.15, 0.2) is 5.82 Å². The van der Waals surface area contributed by atoms with Crippen molar-refractivity contribution in [3.8, 4) is 0 Å². The maximum absolute atomic E-state index is 4.49. The fourth-order valence-corrected chi connectivity index (χ4v) is 1.88. The van der Waals surface area contributed by atoms with Crippen molar-refractivity contribution in [1.29, 1.82) is 0 Å². The zero-order valence-electron chi connectivity index (χ0n) is 11.6. The number of aryl methyl sites for hydroxylation is 1. The second-order valence-corrected chi connectivity index (χ2v) is 4.25. The molecule has 0 aliphatic rings. The van der Waals surface area contributed by atoms with Gasteiger partial charge in [0.2, 0.25) is 5.95 Å². The largest absolute Gasteiger partial charge is 0.356 e. The summed E-state index contributed by atoms with van der Waals surface area (Å²) in [5.74, 6) is 1.37. The molecule has 0 atom stereocenters. The van der Waals surface area contributed by atoms with Crippen LogP contribution in [0.2, 0.25) is 0 Å². The number of anilines is 3. The van der Waals surface area contributed by atoms with Crippen LogP contribution in [0.5, 0.6) is 0 Å². The van der Waals surface area contributed by atoms with Crippen LogP contribution in [0.4, 0.5) is 17.5 Å². The lowest BCUT2D eigenvalue weighted by atomic mass is 10.2. The summed E-state index contributed by atoms with van der Waals surface area (Å²) in [6.07, 6.45) is 1.69. The number of benzene rings is 1. The van der Waals surface area contributed by atoms with Crippen LogP contribution in [0.3, 0.4) is 0 Å². The summed E-state index contributed by atoms with van der Waals surface area (Å²) in [5.41, 5.74) is 2.15. The van der Waals surface area contributed by atoms with E-state index >= 15 is 0 Å². The molecule has 0 unspecified atom stereocenters. The number of hydrogen-bond donors (Lipinski definition) is 1. The van der Waals surface area contributed by atoms with Crippen LogP contribution < -0.4 is 10.2 Å². The maximum atomic E-state index is 4.49. The second-order valence-electron chi connectivity index (χ2n) is 4.25. The first kappa shape index (κ1) is 13.3. The Kier molecular flexibility index (Phi) is 4.28. The molecule has 0 radical (unpaired) electrons. The van der Waals surface area contributed by atoms with Gasteiger partial charge in [0.25, 0.3) is 0 Å². The number of nitrogens with one attached hydrogen (secondary N) is 1. The summed E-state index contributed by atoms with van der Waals surface area (Å²) in [6.45, 7) is 8.04. The van der Waals surface area contributed by atoms with Crippen LogP contribution >= 0.6 is 0 Å². The quantitative estimate of drug-likeness (QED) is 0.892. The van der Waals surface area contributed by atoms with E-state index in [0.29, 0.717) is 5.95 Å². The van der Waals surface area contributed by atoms with Gasteiger partial charge in [0.05, 0.1) is 6.20 Å². The minimum Gasteiger partial charge on any atom is -0.356 e. The van der Waals surface area contributed by atoms with E-state index in [1.54, 1.807) is 6.20 Å². The molecule has 0 spiro atoms. The molecule has 5 nitrogen and oxygen atoms in total. The first-order chi connectivity index (χ1) is 9.24. The Morgan fingerprint density at radius 3 is 2.58 bits per heavy atom. The Morgan fingerprint density at radius 1 is 1.16 bits per heavy atom. The van der Waals surface area contributed by atoms with E-state index in [2.05, 4.69) is 39.2 Å². The summed E-state index contributed by atoms with van der Waals surface area (Å²) in [7, 11) is 0. The maximum Gasteiger partial charge on any atom is 0.249 e. The molecule has 0 aliphatic carbocycles. The van der Waals surface area contributed by atoms with Gasteiger partial charge in [-0.3, -0.25) is 0 Å². The number of nitrogens with zero attached hydrogens (tertiary/aromatic N) is 4. The standard InChI is InChI=1S/C14H19N5/c1-4-19(5-2)13-10-15-18-14(17-13)16-12-9-7-6-8-11(12)3/h6-10H,4-5H2,1-3H3,(H,16,17,18). The summed E-state index contributed by atoms with van der Waals surface area (Å²) >= 11 is 0. The van der Waals surface area contributed by atoms with Crippen molar-refractivity contribution in [3.05, 3.63) is 36.0 Å². The number of para-hydroxylation sites is 1. The highest BCUT2D eigenvalue weighted by Gasteiger charge is 2.07. The van der Waals surface area contributed by atoms with E-state index in [1.807, 2.05) is 31.2 Å². The predicted molar refractivity (Wildman–Crippen MR) is 77.8 cm³/mol. The minimum absolute atomic E-state index is 0.527. The zero-order chi connectivity index (χ0) is 13.7. The zero-order valence-corrected chi connectivity index (χ0v) is 11.6. The Bertz CT molecular complexity index is 537. The molecule has 19 heavy (non-hydrogen) atoms. The van der Waals surface area contributed by atoms with Crippen LogP contribution in [0, 0.1) is 6.92 Å². The second kappa shape index (κ2) is 6.13. The normalized spacial score (nSPS) is 10.3. The van der Waals surface area contributed by atoms with Crippen molar-refractivity contribution in [2.45, 2.75) is 20.8 Å². The topological polar surface area (TPSA) is 53.9 Å². The molecule has 5 heteroatoms. The SMILES string of the molecule is CCN(CC)c1cnnc(Nc2ccccc2C)n1. The average Bonchev–Trinajstić information content (AvgIpc) is 2.43. The van der Waals surface area contributed by atoms with Crippen LogP contribution in [0.15, 0.2) is 30.5 Å². The Morgan fingerprint density at radius 2 is 1.89 bits per heavy atom. The van der Waals surface area contributed by atoms with Gasteiger partial charge in [-0.1, -0.05) is 18.2 Å². The van der Waals surface area contributed by atoms with E-state index in [4.69, 9.17) is 0 Å². The highest BCUT2D eigenvalue weighted by Crippen LogP contribution is 2.18. The van der Waals surface area contributed by atoms with Crippen molar-refractivity contribution in [2.75, 3.05) is 23.3 Å². The van der Waals surface area contributed by atoms with Crippen molar-refractivity contribution in [2.24, 2.45) is 0 Å². The third-order valence-electron chi connectivity index (χ3n) is 3.03. The molecule has 0 amide bonds. The summed E-state index contributed by atoms with van der Waals surface area (Å²) < 4.78 is 0. The molecule has 0 bridgehead atoms. The molecule has 1 N–H and O–H groups in total. The fraction of sp³-hybridized carbons (Fsp3) is 0.357. The molecule has 0 saturated carbocycles. The fourth-order valence-electron chi connectivity index (χ4n) is 1.88. The van der Waals surface area contributed by atoms with Gasteiger partial charge in [0, 0.05) is 18.8 Å². The van der Waals surface area contributed by atoms with E-state index < -0.39 is 0 Å². The van der Waals surface area contributed by atoms with E-state index in [-0.39, 0.29) is 0 Å². The highest BCUT2D eigenvalue weighted by atomic mass is 15.3. The molecule has 0 saturated heterocycles. The molecule has 2 aromatic rings. The smallest absolute Gasteiger partial charge is 0.249 e. The molecule has 1 aromatic heterocycles. The lowest BCUT2D eigenvalue weighted by molar-refractivity contribution is 0.826. The molecule has 100 valence electrons. The van der Waals surface area contributed by atoms with Gasteiger partial charge in [-0.05, 0) is 32.4 Å². The number of hydrogen-bond acceptors (Lipinski definition) is 5. The average molecular weight is 257 g/mol.